The van der Waals surface area contributed by atoms with E-state index in [1.807, 2.05) is 26.0 Å². The molecule has 3 aromatic carbocycles. The summed E-state index contributed by atoms with van der Waals surface area (Å²) >= 11 is 0. The number of carbonyl (C=O) groups excluding carboxylic acids is 2. The second kappa shape index (κ2) is 12.1. The van der Waals surface area contributed by atoms with Gasteiger partial charge in [-0.3, -0.25) is 4.90 Å². The van der Waals surface area contributed by atoms with Crippen molar-refractivity contribution in [3.63, 3.8) is 0 Å². The molecule has 0 atom stereocenters. The Balaban J connectivity index is 1.85. The number of halogens is 3. The third kappa shape index (κ3) is 8.42. The van der Waals surface area contributed by atoms with E-state index in [1.54, 1.807) is 53.4 Å². The van der Waals surface area contributed by atoms with Crippen molar-refractivity contribution < 1.29 is 32.2 Å². The highest BCUT2D eigenvalue weighted by molar-refractivity contribution is 5.93. The number of hydrogen-bond acceptors (Lipinski definition) is 4. The van der Waals surface area contributed by atoms with Crippen LogP contribution in [0.5, 0.6) is 5.75 Å². The van der Waals surface area contributed by atoms with Crippen LogP contribution in [0.1, 0.15) is 25.0 Å². The Morgan fingerprint density at radius 3 is 2.32 bits per heavy atom. The summed E-state index contributed by atoms with van der Waals surface area (Å²) in [6, 6.07) is 19.7. The molecule has 0 bridgehead atoms. The molecule has 1 N–H and O–H groups in total. The number of nitrogens with zero attached hydrogens (tertiary/aromatic N) is 1. The van der Waals surface area contributed by atoms with Crippen LogP contribution in [0.25, 0.3) is 17.2 Å². The smallest absolute Gasteiger partial charge is 0.466 e. The minimum absolute atomic E-state index is 0.0917. The van der Waals surface area contributed by atoms with Crippen molar-refractivity contribution in [2.75, 3.05) is 12.0 Å². The van der Waals surface area contributed by atoms with Crippen LogP contribution in [0, 0.1) is 0 Å². The number of nitrogens with one attached hydrogen (secondary N) is 1. The van der Waals surface area contributed by atoms with Crippen molar-refractivity contribution in [2.24, 2.45) is 0 Å². The molecule has 0 aliphatic rings. The maximum absolute atomic E-state index is 13.0. The lowest BCUT2D eigenvalue weighted by Crippen LogP contribution is -2.42. The van der Waals surface area contributed by atoms with E-state index in [0.29, 0.717) is 22.4 Å². The van der Waals surface area contributed by atoms with Gasteiger partial charge in [-0.2, -0.15) is 0 Å². The molecule has 0 fully saturated rings. The Kier molecular flexibility index (Phi) is 8.95. The van der Waals surface area contributed by atoms with Gasteiger partial charge in [0, 0.05) is 17.8 Å². The second-order valence-corrected chi connectivity index (χ2v) is 8.41. The number of carbonyl (C=O) groups is 2. The number of amides is 2. The van der Waals surface area contributed by atoms with Crippen LogP contribution in [0.3, 0.4) is 0 Å². The molecular weight excluding hydrogens is 485 g/mol. The standard InChI is InChI=1S/C28H27F3N2O4/c1-19(2)32-27(35)33(24-8-4-6-20(16-24)12-15-26(34)36-3)18-21-10-13-22(14-11-21)23-7-5-9-25(17-23)37-28(29,30)31/h4-17,19H,18H2,1-3H3,(H,32,35)/b15-12+. The van der Waals surface area contributed by atoms with E-state index < -0.39 is 12.3 Å². The fraction of sp³-hybridized carbons (Fsp3) is 0.214. The highest BCUT2D eigenvalue weighted by atomic mass is 19.4. The van der Waals surface area contributed by atoms with E-state index in [2.05, 4.69) is 14.8 Å². The van der Waals surface area contributed by atoms with Crippen LogP contribution < -0.4 is 15.0 Å². The van der Waals surface area contributed by atoms with Crippen molar-refractivity contribution in [1.82, 2.24) is 5.32 Å². The van der Waals surface area contributed by atoms with Gasteiger partial charge in [0.25, 0.3) is 0 Å². The number of ether oxygens (including phenoxy) is 2. The highest BCUT2D eigenvalue weighted by Crippen LogP contribution is 2.29. The largest absolute Gasteiger partial charge is 0.573 e. The summed E-state index contributed by atoms with van der Waals surface area (Å²) in [7, 11) is 1.29. The van der Waals surface area contributed by atoms with Crippen LogP contribution in [-0.2, 0) is 16.1 Å². The summed E-state index contributed by atoms with van der Waals surface area (Å²) in [6.07, 6.45) is -1.88. The molecule has 0 unspecified atom stereocenters. The van der Waals surface area contributed by atoms with Crippen LogP contribution in [-0.4, -0.2) is 31.5 Å². The van der Waals surface area contributed by atoms with Crippen LogP contribution in [0.2, 0.25) is 0 Å². The zero-order valence-electron chi connectivity index (χ0n) is 20.6. The molecule has 194 valence electrons. The lowest BCUT2D eigenvalue weighted by Gasteiger charge is -2.25. The van der Waals surface area contributed by atoms with E-state index in [0.717, 1.165) is 5.56 Å². The molecule has 0 aromatic heterocycles. The average molecular weight is 513 g/mol. The molecule has 0 aliphatic heterocycles. The first-order chi connectivity index (χ1) is 17.5. The normalized spacial score (nSPS) is 11.4. The first-order valence-electron chi connectivity index (χ1n) is 11.4. The molecule has 9 heteroatoms. The molecule has 0 heterocycles. The Morgan fingerprint density at radius 1 is 0.973 bits per heavy atom. The zero-order valence-corrected chi connectivity index (χ0v) is 20.6. The zero-order chi connectivity index (χ0) is 27.0. The van der Waals surface area contributed by atoms with E-state index in [-0.39, 0.29) is 24.4 Å². The van der Waals surface area contributed by atoms with Gasteiger partial charge in [0.1, 0.15) is 5.75 Å². The number of hydrogen-bond donors (Lipinski definition) is 1. The molecule has 2 amide bonds. The number of esters is 1. The predicted octanol–water partition coefficient (Wildman–Crippen LogP) is 6.56. The van der Waals surface area contributed by atoms with Gasteiger partial charge < -0.3 is 14.8 Å². The summed E-state index contributed by atoms with van der Waals surface area (Å²) in [5.74, 6) is -0.790. The van der Waals surface area contributed by atoms with Gasteiger partial charge in [0.05, 0.1) is 13.7 Å². The minimum Gasteiger partial charge on any atom is -0.466 e. The first-order valence-corrected chi connectivity index (χ1v) is 11.4. The molecule has 0 aliphatic carbocycles. The van der Waals surface area contributed by atoms with Crippen molar-refractivity contribution in [2.45, 2.75) is 32.8 Å². The molecule has 37 heavy (non-hydrogen) atoms. The molecular formula is C28H27F3N2O4. The average Bonchev–Trinajstić information content (AvgIpc) is 2.85. The highest BCUT2D eigenvalue weighted by Gasteiger charge is 2.31. The Morgan fingerprint density at radius 2 is 1.68 bits per heavy atom. The summed E-state index contributed by atoms with van der Waals surface area (Å²) in [5.41, 5.74) is 3.39. The van der Waals surface area contributed by atoms with Gasteiger partial charge in [0.15, 0.2) is 0 Å². The number of methoxy groups -OCH3 is 1. The second-order valence-electron chi connectivity index (χ2n) is 8.41. The summed E-state index contributed by atoms with van der Waals surface area (Å²) in [4.78, 5) is 26.1. The van der Waals surface area contributed by atoms with Gasteiger partial charge in [-0.1, -0.05) is 48.5 Å². The lowest BCUT2D eigenvalue weighted by molar-refractivity contribution is -0.274. The van der Waals surface area contributed by atoms with Crippen molar-refractivity contribution in [3.8, 4) is 16.9 Å². The van der Waals surface area contributed by atoms with E-state index >= 15 is 0 Å². The number of anilines is 1. The third-order valence-electron chi connectivity index (χ3n) is 5.15. The van der Waals surface area contributed by atoms with E-state index in [1.165, 1.54) is 31.4 Å². The fourth-order valence-electron chi connectivity index (χ4n) is 3.49. The van der Waals surface area contributed by atoms with Gasteiger partial charge >= 0.3 is 18.4 Å². The summed E-state index contributed by atoms with van der Waals surface area (Å²) in [5, 5.41) is 2.89. The lowest BCUT2D eigenvalue weighted by atomic mass is 10.0. The van der Waals surface area contributed by atoms with E-state index in [4.69, 9.17) is 0 Å². The van der Waals surface area contributed by atoms with Gasteiger partial charge in [-0.05, 0) is 66.4 Å². The molecule has 3 rings (SSSR count). The van der Waals surface area contributed by atoms with Crippen molar-refractivity contribution in [3.05, 3.63) is 90.0 Å². The molecule has 0 spiro atoms. The topological polar surface area (TPSA) is 67.9 Å². The molecule has 0 saturated heterocycles. The van der Waals surface area contributed by atoms with Crippen LogP contribution >= 0.6 is 0 Å². The van der Waals surface area contributed by atoms with E-state index in [9.17, 15) is 22.8 Å². The fourth-order valence-corrected chi connectivity index (χ4v) is 3.49. The third-order valence-corrected chi connectivity index (χ3v) is 5.15. The number of urea groups is 1. The summed E-state index contributed by atoms with van der Waals surface area (Å²) < 4.78 is 46.3. The van der Waals surface area contributed by atoms with Gasteiger partial charge in [-0.15, -0.1) is 13.2 Å². The SMILES string of the molecule is COC(=O)/C=C/c1cccc(N(Cc2ccc(-c3cccc(OC(F)(F)F)c3)cc2)C(=O)NC(C)C)c1. The first kappa shape index (κ1) is 27.3. The molecule has 6 nitrogen and oxygen atoms in total. The number of alkyl halides is 3. The number of rotatable bonds is 8. The predicted molar refractivity (Wildman–Crippen MR) is 136 cm³/mol. The van der Waals surface area contributed by atoms with Crippen LogP contribution in [0.15, 0.2) is 78.9 Å². The van der Waals surface area contributed by atoms with Crippen molar-refractivity contribution >= 4 is 23.8 Å². The molecule has 0 saturated carbocycles. The van der Waals surface area contributed by atoms with Gasteiger partial charge in [0.2, 0.25) is 0 Å². The Bertz CT molecular complexity index is 1250. The summed E-state index contributed by atoms with van der Waals surface area (Å²) in [6.45, 7) is 3.95. The minimum atomic E-state index is -4.77. The monoisotopic (exact) mass is 512 g/mol. The Labute approximate surface area is 213 Å². The van der Waals surface area contributed by atoms with Crippen LogP contribution in [0.4, 0.5) is 23.7 Å². The number of benzene rings is 3. The molecule has 3 aromatic rings. The quantitative estimate of drug-likeness (QED) is 0.274. The molecule has 0 radical (unpaired) electrons. The maximum atomic E-state index is 13.0. The maximum Gasteiger partial charge on any atom is 0.573 e. The van der Waals surface area contributed by atoms with Gasteiger partial charge in [-0.25, -0.2) is 9.59 Å². The van der Waals surface area contributed by atoms with Crippen molar-refractivity contribution in [1.29, 1.82) is 0 Å². The Hall–Kier alpha value is -4.27.